The molecule has 1 N–H and O–H groups in total. The molecule has 1 aromatic rings. The van der Waals surface area contributed by atoms with E-state index in [2.05, 4.69) is 13.8 Å². The molecule has 23 heavy (non-hydrogen) atoms. The van der Waals surface area contributed by atoms with Gasteiger partial charge in [-0.1, -0.05) is 13.8 Å². The summed E-state index contributed by atoms with van der Waals surface area (Å²) in [4.78, 5) is 22.8. The van der Waals surface area contributed by atoms with Crippen molar-refractivity contribution in [3.05, 3.63) is 17.0 Å². The van der Waals surface area contributed by atoms with Gasteiger partial charge in [-0.25, -0.2) is 0 Å². The Balaban J connectivity index is 2.27. The maximum atomic E-state index is 11.6. The predicted octanol–water partition coefficient (Wildman–Crippen LogP) is 2.85. The molecule has 128 valence electrons. The molecule has 2 rings (SSSR count). The van der Waals surface area contributed by atoms with E-state index < -0.39 is 5.97 Å². The number of aliphatic carboxylic acids is 1. The van der Waals surface area contributed by atoms with Crippen LogP contribution < -0.4 is 0 Å². The summed E-state index contributed by atoms with van der Waals surface area (Å²) in [7, 11) is 0. The fourth-order valence-electron chi connectivity index (χ4n) is 3.36. The first-order valence-corrected chi connectivity index (χ1v) is 8.40. The topological polar surface area (TPSA) is 81.4 Å². The summed E-state index contributed by atoms with van der Waals surface area (Å²) >= 11 is 0. The van der Waals surface area contributed by atoms with E-state index in [1.54, 1.807) is 6.92 Å². The molecule has 1 heterocycles. The SMILES string of the molecule is CCOC(=O)CCn1nc(C(C)C)c2c1CCCC2CC(=O)O. The second-order valence-corrected chi connectivity index (χ2v) is 6.37. The Morgan fingerprint density at radius 3 is 2.78 bits per heavy atom. The Kier molecular flexibility index (Phi) is 5.80. The zero-order valence-corrected chi connectivity index (χ0v) is 14.2. The highest BCUT2D eigenvalue weighted by Gasteiger charge is 2.30. The number of carboxylic acid groups (broad SMARTS) is 1. The largest absolute Gasteiger partial charge is 0.481 e. The average molecular weight is 322 g/mol. The third-order valence-electron chi connectivity index (χ3n) is 4.30. The van der Waals surface area contributed by atoms with E-state index in [4.69, 9.17) is 9.84 Å². The highest BCUT2D eigenvalue weighted by molar-refractivity contribution is 5.69. The van der Waals surface area contributed by atoms with Crippen LogP contribution in [0.2, 0.25) is 0 Å². The molecule has 0 radical (unpaired) electrons. The molecule has 1 aromatic heterocycles. The Morgan fingerprint density at radius 2 is 2.17 bits per heavy atom. The highest BCUT2D eigenvalue weighted by atomic mass is 16.5. The summed E-state index contributed by atoms with van der Waals surface area (Å²) in [5, 5.41) is 13.9. The Labute approximate surface area is 136 Å². The number of carbonyl (C=O) groups is 2. The van der Waals surface area contributed by atoms with Crippen molar-refractivity contribution >= 4 is 11.9 Å². The number of aromatic nitrogens is 2. The number of ether oxygens (including phenoxy) is 1. The summed E-state index contributed by atoms with van der Waals surface area (Å²) in [5.41, 5.74) is 3.20. The first kappa shape index (κ1) is 17.5. The van der Waals surface area contributed by atoms with Crippen LogP contribution in [-0.4, -0.2) is 33.4 Å². The van der Waals surface area contributed by atoms with Crippen LogP contribution in [0.25, 0.3) is 0 Å². The summed E-state index contributed by atoms with van der Waals surface area (Å²) in [6.07, 6.45) is 3.20. The molecule has 1 atom stereocenters. The molecule has 0 bridgehead atoms. The quantitative estimate of drug-likeness (QED) is 0.781. The fourth-order valence-corrected chi connectivity index (χ4v) is 3.36. The smallest absolute Gasteiger partial charge is 0.307 e. The van der Waals surface area contributed by atoms with Crippen molar-refractivity contribution in [2.75, 3.05) is 6.61 Å². The van der Waals surface area contributed by atoms with Crippen LogP contribution in [0.4, 0.5) is 0 Å². The standard InChI is InChI=1S/C17H26N2O4/c1-4-23-15(22)8-9-19-13-7-5-6-12(10-14(20)21)16(13)17(18-19)11(2)3/h11-12H,4-10H2,1-3H3,(H,20,21). The lowest BCUT2D eigenvalue weighted by Gasteiger charge is -2.23. The van der Waals surface area contributed by atoms with Gasteiger partial charge in [0, 0.05) is 11.3 Å². The Bertz CT molecular complexity index is 577. The van der Waals surface area contributed by atoms with Crippen LogP contribution in [0.3, 0.4) is 0 Å². The summed E-state index contributed by atoms with van der Waals surface area (Å²) < 4.78 is 6.88. The Hall–Kier alpha value is -1.85. The van der Waals surface area contributed by atoms with Gasteiger partial charge in [-0.2, -0.15) is 5.10 Å². The van der Waals surface area contributed by atoms with E-state index in [-0.39, 0.29) is 24.2 Å². The van der Waals surface area contributed by atoms with Crippen molar-refractivity contribution in [1.29, 1.82) is 0 Å². The molecule has 0 aliphatic heterocycles. The van der Waals surface area contributed by atoms with Crippen molar-refractivity contribution < 1.29 is 19.4 Å². The number of rotatable bonds is 7. The molecule has 0 aromatic carbocycles. The van der Waals surface area contributed by atoms with Gasteiger partial charge in [0.25, 0.3) is 0 Å². The molecule has 1 unspecified atom stereocenters. The summed E-state index contributed by atoms with van der Waals surface area (Å²) in [5.74, 6) is -0.718. The molecule has 0 spiro atoms. The zero-order chi connectivity index (χ0) is 17.0. The molecule has 6 heteroatoms. The fraction of sp³-hybridized carbons (Fsp3) is 0.706. The highest BCUT2D eigenvalue weighted by Crippen LogP contribution is 2.38. The van der Waals surface area contributed by atoms with E-state index in [0.717, 1.165) is 36.2 Å². The summed E-state index contributed by atoms with van der Waals surface area (Å²) in [6.45, 7) is 6.82. The molecule has 0 amide bonds. The minimum atomic E-state index is -0.767. The predicted molar refractivity (Wildman–Crippen MR) is 85.5 cm³/mol. The minimum Gasteiger partial charge on any atom is -0.481 e. The number of carboxylic acids is 1. The molecule has 0 saturated carbocycles. The van der Waals surface area contributed by atoms with Crippen LogP contribution in [-0.2, 0) is 27.3 Å². The Morgan fingerprint density at radius 1 is 1.43 bits per heavy atom. The second-order valence-electron chi connectivity index (χ2n) is 6.37. The molecular formula is C17H26N2O4. The number of nitrogens with zero attached hydrogens (tertiary/aromatic N) is 2. The van der Waals surface area contributed by atoms with Gasteiger partial charge < -0.3 is 9.84 Å². The van der Waals surface area contributed by atoms with E-state index in [0.29, 0.717) is 19.6 Å². The molecule has 0 fully saturated rings. The van der Waals surface area contributed by atoms with Crippen LogP contribution >= 0.6 is 0 Å². The maximum Gasteiger partial charge on any atom is 0.307 e. The van der Waals surface area contributed by atoms with E-state index >= 15 is 0 Å². The van der Waals surface area contributed by atoms with Gasteiger partial charge in [0.15, 0.2) is 0 Å². The van der Waals surface area contributed by atoms with Gasteiger partial charge in [-0.05, 0) is 38.0 Å². The molecule has 0 saturated heterocycles. The van der Waals surface area contributed by atoms with Crippen molar-refractivity contribution in [2.45, 2.75) is 71.3 Å². The van der Waals surface area contributed by atoms with Crippen LogP contribution in [0.5, 0.6) is 0 Å². The zero-order valence-electron chi connectivity index (χ0n) is 14.2. The second kappa shape index (κ2) is 7.62. The van der Waals surface area contributed by atoms with Crippen LogP contribution in [0.15, 0.2) is 0 Å². The normalized spacial score (nSPS) is 17.1. The number of esters is 1. The minimum absolute atomic E-state index is 0.0324. The van der Waals surface area contributed by atoms with Gasteiger partial charge in [0.2, 0.25) is 0 Å². The number of carbonyl (C=O) groups excluding carboxylic acids is 1. The van der Waals surface area contributed by atoms with E-state index in [1.165, 1.54) is 0 Å². The van der Waals surface area contributed by atoms with Gasteiger partial charge in [-0.3, -0.25) is 14.3 Å². The van der Waals surface area contributed by atoms with Crippen molar-refractivity contribution in [1.82, 2.24) is 9.78 Å². The monoisotopic (exact) mass is 322 g/mol. The molecular weight excluding hydrogens is 296 g/mol. The number of aryl methyl sites for hydroxylation is 1. The number of fused-ring (bicyclic) bond motifs is 1. The summed E-state index contributed by atoms with van der Waals surface area (Å²) in [6, 6.07) is 0. The van der Waals surface area contributed by atoms with Crippen molar-refractivity contribution in [2.24, 2.45) is 0 Å². The number of hydrogen-bond acceptors (Lipinski definition) is 4. The number of hydrogen-bond donors (Lipinski definition) is 1. The molecule has 6 nitrogen and oxygen atoms in total. The van der Waals surface area contributed by atoms with Crippen molar-refractivity contribution in [3.8, 4) is 0 Å². The lowest BCUT2D eigenvalue weighted by Crippen LogP contribution is -2.17. The van der Waals surface area contributed by atoms with Gasteiger partial charge in [0.1, 0.15) is 0 Å². The van der Waals surface area contributed by atoms with Crippen LogP contribution in [0, 0.1) is 0 Å². The van der Waals surface area contributed by atoms with E-state index in [1.807, 2.05) is 4.68 Å². The third-order valence-corrected chi connectivity index (χ3v) is 4.30. The molecule has 1 aliphatic carbocycles. The third kappa shape index (κ3) is 4.12. The first-order chi connectivity index (χ1) is 10.9. The lowest BCUT2D eigenvalue weighted by atomic mass is 9.81. The molecule has 1 aliphatic rings. The van der Waals surface area contributed by atoms with Crippen molar-refractivity contribution in [3.63, 3.8) is 0 Å². The van der Waals surface area contributed by atoms with E-state index in [9.17, 15) is 14.7 Å². The van der Waals surface area contributed by atoms with Crippen LogP contribution in [0.1, 0.15) is 75.2 Å². The van der Waals surface area contributed by atoms with Gasteiger partial charge in [0.05, 0.1) is 31.7 Å². The average Bonchev–Trinajstić information content (AvgIpc) is 2.85. The lowest BCUT2D eigenvalue weighted by molar-refractivity contribution is -0.143. The maximum absolute atomic E-state index is 11.6. The van der Waals surface area contributed by atoms with Gasteiger partial charge in [-0.15, -0.1) is 0 Å². The van der Waals surface area contributed by atoms with Gasteiger partial charge >= 0.3 is 11.9 Å². The first-order valence-electron chi connectivity index (χ1n) is 8.40.